The number of ether oxygens (including phenoxy) is 4. The minimum atomic E-state index is -1.70. The largest absolute Gasteiger partial charge is 0.460 e. The lowest BCUT2D eigenvalue weighted by atomic mass is 9.74. The quantitative estimate of drug-likeness (QED) is 0.384. The highest BCUT2D eigenvalue weighted by molar-refractivity contribution is 6.26. The van der Waals surface area contributed by atoms with Crippen molar-refractivity contribution in [1.29, 1.82) is 0 Å². The van der Waals surface area contributed by atoms with Crippen LogP contribution in [-0.2, 0) is 38.1 Å². The normalized spacial score (nSPS) is 38.5. The molecular formula is C18H12O10. The fourth-order valence-corrected chi connectivity index (χ4v) is 4.12. The van der Waals surface area contributed by atoms with Crippen molar-refractivity contribution >= 4 is 23.5 Å². The predicted octanol–water partition coefficient (Wildman–Crippen LogP) is -1.17. The van der Waals surface area contributed by atoms with Crippen LogP contribution in [0.4, 0.5) is 0 Å². The molecule has 5 aliphatic rings. The van der Waals surface area contributed by atoms with Gasteiger partial charge in [0.05, 0.1) is 24.0 Å². The van der Waals surface area contributed by atoms with E-state index in [1.807, 2.05) is 0 Å². The number of rotatable bonds is 0. The first-order valence-electron chi connectivity index (χ1n) is 8.37. The van der Waals surface area contributed by atoms with Gasteiger partial charge in [0.1, 0.15) is 0 Å². The minimum absolute atomic E-state index is 0.307. The molecule has 4 heterocycles. The van der Waals surface area contributed by atoms with Gasteiger partial charge >= 0.3 is 11.9 Å². The zero-order valence-corrected chi connectivity index (χ0v) is 14.0. The summed E-state index contributed by atoms with van der Waals surface area (Å²) in [7, 11) is 0. The van der Waals surface area contributed by atoms with E-state index in [-0.39, 0.29) is 24.0 Å². The molecule has 4 unspecified atom stereocenters. The first-order chi connectivity index (χ1) is 13.2. The van der Waals surface area contributed by atoms with Crippen molar-refractivity contribution in [2.24, 2.45) is 0 Å². The van der Waals surface area contributed by atoms with E-state index in [1.165, 1.54) is 12.2 Å². The molecule has 0 aromatic heterocycles. The molecular weight excluding hydrogens is 376 g/mol. The molecule has 4 aliphatic heterocycles. The Morgan fingerprint density at radius 1 is 0.750 bits per heavy atom. The summed E-state index contributed by atoms with van der Waals surface area (Å²) in [5.41, 5.74) is -4.03. The average Bonchev–Trinajstić information content (AvgIpc) is 3.15. The Morgan fingerprint density at radius 3 is 1.46 bits per heavy atom. The van der Waals surface area contributed by atoms with Crippen LogP contribution >= 0.6 is 0 Å². The van der Waals surface area contributed by atoms with E-state index in [2.05, 4.69) is 0 Å². The van der Waals surface area contributed by atoms with Crippen LogP contribution in [0.5, 0.6) is 0 Å². The highest BCUT2D eigenvalue weighted by Gasteiger charge is 2.60. The number of fused-ring (bicyclic) bond motifs is 2. The molecule has 0 amide bonds. The number of Topliss-reactive ketones (excluding diaryl/α,β-unsaturated/α-hetero) is 2. The van der Waals surface area contributed by atoms with Crippen LogP contribution in [0, 0.1) is 0 Å². The molecule has 5 rings (SSSR count). The van der Waals surface area contributed by atoms with E-state index in [0.29, 0.717) is 0 Å². The summed E-state index contributed by atoms with van der Waals surface area (Å²) in [4.78, 5) is 49.8. The number of aliphatic hydroxyl groups is 2. The van der Waals surface area contributed by atoms with Gasteiger partial charge in [0.2, 0.25) is 24.1 Å². The molecule has 0 radical (unpaired) electrons. The van der Waals surface area contributed by atoms with Gasteiger partial charge in [-0.3, -0.25) is 9.59 Å². The predicted molar refractivity (Wildman–Crippen MR) is 83.4 cm³/mol. The molecule has 0 fully saturated rings. The van der Waals surface area contributed by atoms with Gasteiger partial charge < -0.3 is 29.2 Å². The lowest BCUT2D eigenvalue weighted by Gasteiger charge is -2.43. The van der Waals surface area contributed by atoms with E-state index < -0.39 is 58.8 Å². The van der Waals surface area contributed by atoms with E-state index in [0.717, 1.165) is 12.2 Å². The molecule has 0 saturated heterocycles. The molecule has 0 saturated carbocycles. The second kappa shape index (κ2) is 5.18. The maximum absolute atomic E-state index is 13.2. The monoisotopic (exact) mass is 388 g/mol. The van der Waals surface area contributed by atoms with E-state index in [9.17, 15) is 29.4 Å². The lowest BCUT2D eigenvalue weighted by molar-refractivity contribution is -0.172. The second-order valence-electron chi connectivity index (χ2n) is 6.91. The summed E-state index contributed by atoms with van der Waals surface area (Å²) >= 11 is 0. The standard InChI is InChI=1S/C18H12O10/c19-7-1-3-17(27-7)5-9(21)25-15-11(17)13(23)16-12(14(15)24)18(6-10(22)26-16)4-2-8(20)28-18/h1-4,9-10,21-22H,5-6H2. The summed E-state index contributed by atoms with van der Waals surface area (Å²) in [6.45, 7) is 0. The van der Waals surface area contributed by atoms with Crippen molar-refractivity contribution in [3.05, 3.63) is 47.0 Å². The number of carbonyl (C=O) groups excluding carboxylic acids is 4. The molecule has 4 atom stereocenters. The number of hydrogen-bond donors (Lipinski definition) is 2. The molecule has 0 aromatic carbocycles. The maximum atomic E-state index is 13.2. The van der Waals surface area contributed by atoms with Gasteiger partial charge in [0, 0.05) is 12.2 Å². The first-order valence-corrected chi connectivity index (χ1v) is 8.37. The third kappa shape index (κ3) is 2.04. The Balaban J connectivity index is 1.70. The SMILES string of the molecule is O=C1C=CC2(CC(O)OC3=C2C(=O)C2=C(C3=O)C3(C=CC(=O)O3)CC(O)O2)O1. The fourth-order valence-electron chi connectivity index (χ4n) is 4.12. The van der Waals surface area contributed by atoms with Gasteiger partial charge in [-0.05, 0) is 12.2 Å². The topological polar surface area (TPSA) is 146 Å². The van der Waals surface area contributed by atoms with Crippen molar-refractivity contribution in [3.8, 4) is 0 Å². The summed E-state index contributed by atoms with van der Waals surface area (Å²) in [5, 5.41) is 20.1. The fraction of sp³-hybridized carbons (Fsp3) is 0.333. The zero-order chi connectivity index (χ0) is 19.8. The summed E-state index contributed by atoms with van der Waals surface area (Å²) in [5.74, 6) is -4.28. The molecule has 10 nitrogen and oxygen atoms in total. The minimum Gasteiger partial charge on any atom is -0.460 e. The first kappa shape index (κ1) is 16.9. The van der Waals surface area contributed by atoms with Gasteiger partial charge in [-0.25, -0.2) is 9.59 Å². The number of allylic oxidation sites excluding steroid dienone is 2. The van der Waals surface area contributed by atoms with E-state index in [1.54, 1.807) is 0 Å². The summed E-state index contributed by atoms with van der Waals surface area (Å²) in [6.07, 6.45) is 1.00. The van der Waals surface area contributed by atoms with Crippen molar-refractivity contribution in [1.82, 2.24) is 0 Å². The van der Waals surface area contributed by atoms with Crippen LogP contribution in [0.1, 0.15) is 12.8 Å². The van der Waals surface area contributed by atoms with Gasteiger partial charge in [0.15, 0.2) is 22.7 Å². The summed E-state index contributed by atoms with van der Waals surface area (Å²) < 4.78 is 20.9. The third-order valence-electron chi connectivity index (χ3n) is 5.17. The Bertz CT molecular complexity index is 918. The molecule has 1 aliphatic carbocycles. The second-order valence-corrected chi connectivity index (χ2v) is 6.91. The molecule has 144 valence electrons. The van der Waals surface area contributed by atoms with Gasteiger partial charge in [-0.1, -0.05) is 0 Å². The highest BCUT2D eigenvalue weighted by atomic mass is 16.6. The number of aliphatic hydroxyl groups excluding tert-OH is 2. The van der Waals surface area contributed by atoms with Crippen LogP contribution in [0.2, 0.25) is 0 Å². The molecule has 2 N–H and O–H groups in total. The number of hydrogen-bond acceptors (Lipinski definition) is 10. The van der Waals surface area contributed by atoms with Crippen molar-refractivity contribution in [3.63, 3.8) is 0 Å². The van der Waals surface area contributed by atoms with Crippen LogP contribution in [0.15, 0.2) is 47.0 Å². The summed E-state index contributed by atoms with van der Waals surface area (Å²) in [6, 6.07) is 0. The van der Waals surface area contributed by atoms with Crippen LogP contribution in [0.25, 0.3) is 0 Å². The lowest BCUT2D eigenvalue weighted by Crippen LogP contribution is -2.53. The number of ketones is 2. The van der Waals surface area contributed by atoms with Crippen LogP contribution in [0.3, 0.4) is 0 Å². The number of esters is 2. The molecule has 28 heavy (non-hydrogen) atoms. The number of carbonyl (C=O) groups is 4. The Labute approximate surface area is 156 Å². The van der Waals surface area contributed by atoms with Crippen molar-refractivity contribution in [2.75, 3.05) is 0 Å². The van der Waals surface area contributed by atoms with Crippen LogP contribution < -0.4 is 0 Å². The Morgan fingerprint density at radius 2 is 1.14 bits per heavy atom. The smallest absolute Gasteiger partial charge is 0.331 e. The van der Waals surface area contributed by atoms with E-state index >= 15 is 0 Å². The zero-order valence-electron chi connectivity index (χ0n) is 14.0. The van der Waals surface area contributed by atoms with Gasteiger partial charge in [-0.15, -0.1) is 0 Å². The third-order valence-corrected chi connectivity index (χ3v) is 5.17. The molecule has 10 heteroatoms. The van der Waals surface area contributed by atoms with E-state index in [4.69, 9.17) is 18.9 Å². The average molecular weight is 388 g/mol. The van der Waals surface area contributed by atoms with Crippen LogP contribution in [-0.4, -0.2) is 57.5 Å². The van der Waals surface area contributed by atoms with Gasteiger partial charge in [0.25, 0.3) is 0 Å². The Hall–Kier alpha value is -3.24. The Kier molecular flexibility index (Phi) is 3.12. The molecule has 0 bridgehead atoms. The highest BCUT2D eigenvalue weighted by Crippen LogP contribution is 2.49. The van der Waals surface area contributed by atoms with Gasteiger partial charge in [-0.2, -0.15) is 0 Å². The molecule has 0 aromatic rings. The maximum Gasteiger partial charge on any atom is 0.331 e. The van der Waals surface area contributed by atoms with Crippen molar-refractivity contribution < 1.29 is 48.3 Å². The van der Waals surface area contributed by atoms with Crippen molar-refractivity contribution in [2.45, 2.75) is 36.6 Å². The molecule has 2 spiro atoms.